The molecule has 10 nitrogen and oxygen atoms in total. The standard InChI is InChI=1S/C27H21N7O3/c1-37-20-11-9-19(10-12-20)31-27(36)24-21-7-3-2-6-17(21)14-22(25(24)35)32-33-26-18(15-28)16-30-34(26)23-8-4-5-13-29-23/h2-14,16,18,26,35H,1H3,(H,31,36). The molecule has 1 aliphatic rings. The van der Waals surface area contributed by atoms with Crippen LogP contribution in [0.1, 0.15) is 10.4 Å². The zero-order chi connectivity index (χ0) is 25.8. The number of amides is 1. The van der Waals surface area contributed by atoms with Crippen LogP contribution in [0.25, 0.3) is 10.8 Å². The second-order valence-corrected chi connectivity index (χ2v) is 8.10. The molecule has 2 N–H and O–H groups in total. The fourth-order valence-electron chi connectivity index (χ4n) is 3.96. The highest BCUT2D eigenvalue weighted by Gasteiger charge is 2.33. The Kier molecular flexibility index (Phi) is 6.42. The summed E-state index contributed by atoms with van der Waals surface area (Å²) in [5, 5.41) is 39.1. The summed E-state index contributed by atoms with van der Waals surface area (Å²) in [5.41, 5.74) is 0.680. The van der Waals surface area contributed by atoms with Crippen LogP contribution >= 0.6 is 0 Å². The summed E-state index contributed by atoms with van der Waals surface area (Å²) < 4.78 is 5.16. The van der Waals surface area contributed by atoms with Gasteiger partial charge in [0.15, 0.2) is 17.7 Å². The second kappa shape index (κ2) is 10.1. The van der Waals surface area contributed by atoms with Crippen molar-refractivity contribution in [1.82, 2.24) is 4.98 Å². The summed E-state index contributed by atoms with van der Waals surface area (Å²) in [5.74, 6) is -0.357. The average molecular weight is 492 g/mol. The topological polar surface area (TPSA) is 136 Å². The van der Waals surface area contributed by atoms with E-state index < -0.39 is 18.0 Å². The van der Waals surface area contributed by atoms with Crippen molar-refractivity contribution in [3.05, 3.63) is 84.6 Å². The number of pyridine rings is 1. The Morgan fingerprint density at radius 1 is 1.14 bits per heavy atom. The predicted molar refractivity (Wildman–Crippen MR) is 139 cm³/mol. The summed E-state index contributed by atoms with van der Waals surface area (Å²) in [6.07, 6.45) is 2.30. The molecule has 1 aliphatic heterocycles. The number of benzene rings is 3. The first-order valence-corrected chi connectivity index (χ1v) is 11.3. The van der Waals surface area contributed by atoms with Crippen molar-refractivity contribution in [3.63, 3.8) is 0 Å². The highest BCUT2D eigenvalue weighted by molar-refractivity contribution is 6.16. The number of nitrogens with one attached hydrogen (secondary N) is 1. The van der Waals surface area contributed by atoms with Gasteiger partial charge in [-0.2, -0.15) is 15.5 Å². The van der Waals surface area contributed by atoms with Crippen molar-refractivity contribution in [2.75, 3.05) is 17.4 Å². The van der Waals surface area contributed by atoms with E-state index in [0.29, 0.717) is 28.0 Å². The molecule has 2 heterocycles. The first kappa shape index (κ1) is 23.4. The van der Waals surface area contributed by atoms with Gasteiger partial charge < -0.3 is 15.2 Å². The molecule has 182 valence electrons. The monoisotopic (exact) mass is 491 g/mol. The molecule has 0 saturated carbocycles. The molecule has 4 aromatic rings. The molecule has 37 heavy (non-hydrogen) atoms. The van der Waals surface area contributed by atoms with E-state index in [0.717, 1.165) is 0 Å². The number of phenolic OH excluding ortho intramolecular Hbond substituents is 1. The summed E-state index contributed by atoms with van der Waals surface area (Å²) in [7, 11) is 1.56. The van der Waals surface area contributed by atoms with E-state index in [1.807, 2.05) is 12.1 Å². The summed E-state index contributed by atoms with van der Waals surface area (Å²) in [6.45, 7) is 0. The fourth-order valence-corrected chi connectivity index (χ4v) is 3.96. The van der Waals surface area contributed by atoms with Crippen molar-refractivity contribution in [2.24, 2.45) is 21.2 Å². The molecule has 3 aromatic carbocycles. The second-order valence-electron chi connectivity index (χ2n) is 8.10. The van der Waals surface area contributed by atoms with E-state index in [1.165, 1.54) is 11.2 Å². The number of methoxy groups -OCH3 is 1. The third-order valence-corrected chi connectivity index (χ3v) is 5.82. The summed E-state index contributed by atoms with van der Waals surface area (Å²) in [6, 6.07) is 23.1. The minimum absolute atomic E-state index is 0.0592. The van der Waals surface area contributed by atoms with Gasteiger partial charge in [0.25, 0.3) is 5.91 Å². The molecule has 0 saturated heterocycles. The number of ether oxygens (including phenoxy) is 1. The van der Waals surface area contributed by atoms with Crippen molar-refractivity contribution in [3.8, 4) is 17.6 Å². The molecule has 0 bridgehead atoms. The van der Waals surface area contributed by atoms with Crippen LogP contribution in [0.5, 0.6) is 11.5 Å². The number of fused-ring (bicyclic) bond motifs is 1. The molecule has 0 fully saturated rings. The van der Waals surface area contributed by atoms with E-state index in [2.05, 4.69) is 31.7 Å². The number of azo groups is 1. The molecule has 2 unspecified atom stereocenters. The number of hydrazone groups is 1. The van der Waals surface area contributed by atoms with E-state index in [9.17, 15) is 15.2 Å². The molecule has 10 heteroatoms. The van der Waals surface area contributed by atoms with Gasteiger partial charge in [0, 0.05) is 18.1 Å². The molecule has 2 atom stereocenters. The van der Waals surface area contributed by atoms with Crippen molar-refractivity contribution >= 4 is 40.1 Å². The van der Waals surface area contributed by atoms with Gasteiger partial charge in [0.05, 0.1) is 18.7 Å². The quantitative estimate of drug-likeness (QED) is 0.353. The highest BCUT2D eigenvalue weighted by atomic mass is 16.5. The maximum absolute atomic E-state index is 13.3. The molecule has 0 aliphatic carbocycles. The molecular formula is C27H21N7O3. The number of aromatic hydroxyl groups is 1. The Balaban J connectivity index is 1.51. The van der Waals surface area contributed by atoms with Crippen LogP contribution in [-0.4, -0.2) is 35.5 Å². The predicted octanol–water partition coefficient (Wildman–Crippen LogP) is 5.26. The van der Waals surface area contributed by atoms with E-state index in [4.69, 9.17) is 4.74 Å². The largest absolute Gasteiger partial charge is 0.505 e. The number of anilines is 2. The van der Waals surface area contributed by atoms with E-state index in [-0.39, 0.29) is 17.0 Å². The fraction of sp³-hybridized carbons (Fsp3) is 0.111. The third kappa shape index (κ3) is 4.66. The first-order chi connectivity index (χ1) is 18.1. The molecular weight excluding hydrogens is 470 g/mol. The maximum atomic E-state index is 13.3. The van der Waals surface area contributed by atoms with Crippen molar-refractivity contribution in [1.29, 1.82) is 5.26 Å². The number of nitriles is 1. The number of aromatic nitrogens is 1. The Labute approximate surface area is 212 Å². The highest BCUT2D eigenvalue weighted by Crippen LogP contribution is 2.38. The number of nitrogens with zero attached hydrogens (tertiary/aromatic N) is 6. The number of hydrogen-bond acceptors (Lipinski definition) is 9. The van der Waals surface area contributed by atoms with Crippen LogP contribution in [0.15, 0.2) is 94.3 Å². The van der Waals surface area contributed by atoms with Gasteiger partial charge in [0.2, 0.25) is 0 Å². The first-order valence-electron chi connectivity index (χ1n) is 11.3. The minimum atomic E-state index is -0.789. The molecule has 0 radical (unpaired) electrons. The van der Waals surface area contributed by atoms with Gasteiger partial charge in [-0.05, 0) is 53.2 Å². The molecule has 0 spiro atoms. The summed E-state index contributed by atoms with van der Waals surface area (Å²) in [4.78, 5) is 17.6. The van der Waals surface area contributed by atoms with Gasteiger partial charge in [-0.15, -0.1) is 5.11 Å². The number of phenols is 1. The van der Waals surface area contributed by atoms with Crippen molar-refractivity contribution < 1.29 is 14.6 Å². The van der Waals surface area contributed by atoms with Gasteiger partial charge in [0.1, 0.15) is 17.4 Å². The average Bonchev–Trinajstić information content (AvgIpc) is 3.35. The van der Waals surface area contributed by atoms with Crippen LogP contribution < -0.4 is 15.1 Å². The van der Waals surface area contributed by atoms with Crippen LogP contribution in [0.2, 0.25) is 0 Å². The number of carbonyl (C=O) groups is 1. The Bertz CT molecular complexity index is 1550. The lowest BCUT2D eigenvalue weighted by atomic mass is 10.0. The SMILES string of the molecule is COc1ccc(NC(=O)c2c(O)c(N=NC3C(C#N)C=NN3c3ccccn3)cc3ccccc23)cc1. The Hall–Kier alpha value is -5.30. The lowest BCUT2D eigenvalue weighted by molar-refractivity contribution is 0.102. The lowest BCUT2D eigenvalue weighted by Gasteiger charge is -2.19. The zero-order valence-corrected chi connectivity index (χ0v) is 19.7. The zero-order valence-electron chi connectivity index (χ0n) is 19.7. The summed E-state index contributed by atoms with van der Waals surface area (Å²) >= 11 is 0. The number of carbonyl (C=O) groups excluding carboxylic acids is 1. The minimum Gasteiger partial charge on any atom is -0.505 e. The Morgan fingerprint density at radius 2 is 1.92 bits per heavy atom. The number of hydrogen-bond donors (Lipinski definition) is 2. The van der Waals surface area contributed by atoms with Crippen molar-refractivity contribution in [2.45, 2.75) is 6.17 Å². The smallest absolute Gasteiger partial charge is 0.260 e. The lowest BCUT2D eigenvalue weighted by Crippen LogP contribution is -2.30. The maximum Gasteiger partial charge on any atom is 0.260 e. The van der Waals surface area contributed by atoms with Crippen LogP contribution in [0, 0.1) is 17.2 Å². The van der Waals surface area contributed by atoms with Gasteiger partial charge in [-0.1, -0.05) is 30.3 Å². The van der Waals surface area contributed by atoms with Crippen LogP contribution in [0.4, 0.5) is 17.2 Å². The molecule has 1 aromatic heterocycles. The third-order valence-electron chi connectivity index (χ3n) is 5.82. The normalized spacial score (nSPS) is 16.7. The van der Waals surface area contributed by atoms with Crippen LogP contribution in [-0.2, 0) is 0 Å². The van der Waals surface area contributed by atoms with E-state index >= 15 is 0 Å². The molecule has 1 amide bonds. The van der Waals surface area contributed by atoms with E-state index in [1.54, 1.807) is 74.0 Å². The number of rotatable bonds is 6. The van der Waals surface area contributed by atoms with Gasteiger partial charge in [-0.25, -0.2) is 9.99 Å². The molecule has 5 rings (SSSR count). The Morgan fingerprint density at radius 3 is 2.65 bits per heavy atom. The van der Waals surface area contributed by atoms with Gasteiger partial charge >= 0.3 is 0 Å². The van der Waals surface area contributed by atoms with Crippen LogP contribution in [0.3, 0.4) is 0 Å². The van der Waals surface area contributed by atoms with Gasteiger partial charge in [-0.3, -0.25) is 4.79 Å².